The summed E-state index contributed by atoms with van der Waals surface area (Å²) in [6, 6.07) is 14.7. The maximum atomic E-state index is 13.2. The van der Waals surface area contributed by atoms with Crippen molar-refractivity contribution in [2.75, 3.05) is 13.7 Å². The SMILES string of the molecule is CCc1ccc(OCC(=O)N(Cc2cccc(OC)c2)[C@@H](CC)C(=O)N[C@@H](C)CC)cc1. The van der Waals surface area contributed by atoms with Gasteiger partial charge < -0.3 is 19.7 Å². The van der Waals surface area contributed by atoms with E-state index in [9.17, 15) is 9.59 Å². The van der Waals surface area contributed by atoms with Crippen molar-refractivity contribution < 1.29 is 19.1 Å². The predicted octanol–water partition coefficient (Wildman–Crippen LogP) is 4.36. The standard InChI is InChI=1S/C26H36N2O4/c1-6-19(4)27-26(30)24(8-3)28(17-21-10-9-11-23(16-21)31-5)25(29)18-32-22-14-12-20(7-2)13-15-22/h9-16,19,24H,6-8,17-18H2,1-5H3,(H,27,30)/t19-,24-/m0/s1. The van der Waals surface area contributed by atoms with Crippen molar-refractivity contribution in [3.05, 3.63) is 59.7 Å². The molecular formula is C26H36N2O4. The second-order valence-electron chi connectivity index (χ2n) is 7.90. The van der Waals surface area contributed by atoms with E-state index in [1.54, 1.807) is 12.0 Å². The maximum Gasteiger partial charge on any atom is 0.261 e. The van der Waals surface area contributed by atoms with Crippen molar-refractivity contribution in [3.63, 3.8) is 0 Å². The number of rotatable bonds is 12. The van der Waals surface area contributed by atoms with Gasteiger partial charge in [-0.25, -0.2) is 0 Å². The van der Waals surface area contributed by atoms with Crippen molar-refractivity contribution in [2.45, 2.75) is 65.6 Å². The van der Waals surface area contributed by atoms with Gasteiger partial charge in [0.1, 0.15) is 17.5 Å². The van der Waals surface area contributed by atoms with Gasteiger partial charge in [0.05, 0.1) is 7.11 Å². The molecule has 32 heavy (non-hydrogen) atoms. The van der Waals surface area contributed by atoms with Gasteiger partial charge in [-0.05, 0) is 61.6 Å². The van der Waals surface area contributed by atoms with Crippen molar-refractivity contribution in [2.24, 2.45) is 0 Å². The van der Waals surface area contributed by atoms with Crippen LogP contribution in [0, 0.1) is 0 Å². The Hall–Kier alpha value is -3.02. The van der Waals surface area contributed by atoms with Crippen LogP contribution in [0.3, 0.4) is 0 Å². The number of amides is 2. The summed E-state index contributed by atoms with van der Waals surface area (Å²) in [7, 11) is 1.61. The third-order valence-corrected chi connectivity index (χ3v) is 5.57. The highest BCUT2D eigenvalue weighted by molar-refractivity contribution is 5.88. The zero-order valence-electron chi connectivity index (χ0n) is 19.9. The molecule has 0 aliphatic heterocycles. The van der Waals surface area contributed by atoms with Crippen molar-refractivity contribution in [1.82, 2.24) is 10.2 Å². The summed E-state index contributed by atoms with van der Waals surface area (Å²) in [5, 5.41) is 3.01. The van der Waals surface area contributed by atoms with Gasteiger partial charge in [-0.1, -0.05) is 45.0 Å². The summed E-state index contributed by atoms with van der Waals surface area (Å²) in [5.41, 5.74) is 2.09. The monoisotopic (exact) mass is 440 g/mol. The van der Waals surface area contributed by atoms with Gasteiger partial charge >= 0.3 is 0 Å². The molecule has 0 fully saturated rings. The molecule has 1 N–H and O–H groups in total. The third-order valence-electron chi connectivity index (χ3n) is 5.57. The van der Waals surface area contributed by atoms with E-state index in [0.717, 1.165) is 18.4 Å². The molecule has 0 saturated heterocycles. The van der Waals surface area contributed by atoms with Crippen LogP contribution in [0.2, 0.25) is 0 Å². The number of methoxy groups -OCH3 is 1. The van der Waals surface area contributed by atoms with Gasteiger partial charge in [-0.3, -0.25) is 9.59 Å². The van der Waals surface area contributed by atoms with Crippen LogP contribution in [0.15, 0.2) is 48.5 Å². The molecule has 6 nitrogen and oxygen atoms in total. The van der Waals surface area contributed by atoms with E-state index in [-0.39, 0.29) is 24.5 Å². The third kappa shape index (κ3) is 7.29. The van der Waals surface area contributed by atoms with E-state index in [0.29, 0.717) is 24.5 Å². The van der Waals surface area contributed by atoms with Gasteiger partial charge in [0.25, 0.3) is 5.91 Å². The zero-order chi connectivity index (χ0) is 23.5. The van der Waals surface area contributed by atoms with Crippen molar-refractivity contribution in [3.8, 4) is 11.5 Å². The van der Waals surface area contributed by atoms with Crippen LogP contribution in [0.1, 0.15) is 51.7 Å². The minimum absolute atomic E-state index is 0.0404. The fourth-order valence-electron chi connectivity index (χ4n) is 3.38. The van der Waals surface area contributed by atoms with Gasteiger partial charge in [-0.15, -0.1) is 0 Å². The number of hydrogen-bond acceptors (Lipinski definition) is 4. The highest BCUT2D eigenvalue weighted by Gasteiger charge is 2.29. The Morgan fingerprint density at radius 1 is 0.969 bits per heavy atom. The molecule has 2 aromatic rings. The molecule has 0 heterocycles. The second kappa shape index (κ2) is 12.7. The predicted molar refractivity (Wildman–Crippen MR) is 127 cm³/mol. The molecule has 0 aromatic heterocycles. The van der Waals surface area contributed by atoms with Crippen LogP contribution in [-0.2, 0) is 22.6 Å². The lowest BCUT2D eigenvalue weighted by molar-refractivity contribution is -0.143. The molecule has 0 aliphatic carbocycles. The number of nitrogens with one attached hydrogen (secondary N) is 1. The summed E-state index contributed by atoms with van der Waals surface area (Å²) < 4.78 is 11.1. The number of carbonyl (C=O) groups excluding carboxylic acids is 2. The topological polar surface area (TPSA) is 67.9 Å². The zero-order valence-corrected chi connectivity index (χ0v) is 19.9. The first kappa shape index (κ1) is 25.2. The van der Waals surface area contributed by atoms with Gasteiger partial charge in [0, 0.05) is 12.6 Å². The average Bonchev–Trinajstić information content (AvgIpc) is 2.82. The van der Waals surface area contributed by atoms with E-state index in [1.807, 2.05) is 69.3 Å². The number of aryl methyl sites for hydroxylation is 1. The number of ether oxygens (including phenoxy) is 2. The van der Waals surface area contributed by atoms with Crippen molar-refractivity contribution >= 4 is 11.8 Å². The summed E-state index contributed by atoms with van der Waals surface area (Å²) in [6.07, 6.45) is 2.27. The first-order valence-electron chi connectivity index (χ1n) is 11.4. The Kier molecular flexibility index (Phi) is 10.1. The summed E-state index contributed by atoms with van der Waals surface area (Å²) in [5.74, 6) is 0.956. The quantitative estimate of drug-likeness (QED) is 0.533. The Balaban J connectivity index is 2.21. The lowest BCUT2D eigenvalue weighted by atomic mass is 10.1. The second-order valence-corrected chi connectivity index (χ2v) is 7.90. The van der Waals surface area contributed by atoms with Gasteiger partial charge in [0.2, 0.25) is 5.91 Å². The molecule has 0 spiro atoms. The number of nitrogens with zero attached hydrogens (tertiary/aromatic N) is 1. The molecule has 2 amide bonds. The number of hydrogen-bond donors (Lipinski definition) is 1. The summed E-state index contributed by atoms with van der Waals surface area (Å²) in [4.78, 5) is 27.8. The molecule has 6 heteroatoms. The molecular weight excluding hydrogens is 404 g/mol. The van der Waals surface area contributed by atoms with Crippen LogP contribution < -0.4 is 14.8 Å². The Labute approximate surface area is 191 Å². The van der Waals surface area contributed by atoms with Crippen LogP contribution >= 0.6 is 0 Å². The molecule has 0 radical (unpaired) electrons. The lowest BCUT2D eigenvalue weighted by Gasteiger charge is -2.31. The number of benzene rings is 2. The molecule has 0 aliphatic rings. The minimum Gasteiger partial charge on any atom is -0.497 e. The fraction of sp³-hybridized carbons (Fsp3) is 0.462. The molecule has 2 rings (SSSR count). The molecule has 0 unspecified atom stereocenters. The number of carbonyl (C=O) groups is 2. The Morgan fingerprint density at radius 3 is 2.28 bits per heavy atom. The molecule has 2 atom stereocenters. The van der Waals surface area contributed by atoms with Crippen LogP contribution in [0.4, 0.5) is 0 Å². The van der Waals surface area contributed by atoms with Crippen LogP contribution in [0.25, 0.3) is 0 Å². The molecule has 2 aromatic carbocycles. The van der Waals surface area contributed by atoms with E-state index in [2.05, 4.69) is 12.2 Å². The first-order valence-corrected chi connectivity index (χ1v) is 11.4. The molecule has 0 bridgehead atoms. The van der Waals surface area contributed by atoms with E-state index >= 15 is 0 Å². The van der Waals surface area contributed by atoms with E-state index in [1.165, 1.54) is 5.56 Å². The van der Waals surface area contributed by atoms with Gasteiger partial charge in [0.15, 0.2) is 6.61 Å². The maximum absolute atomic E-state index is 13.2. The van der Waals surface area contributed by atoms with Crippen LogP contribution in [-0.4, -0.2) is 42.5 Å². The van der Waals surface area contributed by atoms with E-state index in [4.69, 9.17) is 9.47 Å². The average molecular weight is 441 g/mol. The Bertz CT molecular complexity index is 866. The first-order chi connectivity index (χ1) is 15.4. The Morgan fingerprint density at radius 2 is 1.69 bits per heavy atom. The lowest BCUT2D eigenvalue weighted by Crippen LogP contribution is -2.51. The van der Waals surface area contributed by atoms with Gasteiger partial charge in [-0.2, -0.15) is 0 Å². The largest absolute Gasteiger partial charge is 0.497 e. The highest BCUT2D eigenvalue weighted by Crippen LogP contribution is 2.18. The fourth-order valence-corrected chi connectivity index (χ4v) is 3.38. The molecule has 174 valence electrons. The summed E-state index contributed by atoms with van der Waals surface area (Å²) in [6.45, 7) is 8.13. The molecule has 0 saturated carbocycles. The smallest absolute Gasteiger partial charge is 0.261 e. The normalized spacial score (nSPS) is 12.5. The highest BCUT2D eigenvalue weighted by atomic mass is 16.5. The van der Waals surface area contributed by atoms with Crippen LogP contribution in [0.5, 0.6) is 11.5 Å². The van der Waals surface area contributed by atoms with E-state index < -0.39 is 6.04 Å². The summed E-state index contributed by atoms with van der Waals surface area (Å²) >= 11 is 0. The minimum atomic E-state index is -0.589. The van der Waals surface area contributed by atoms with Crippen molar-refractivity contribution in [1.29, 1.82) is 0 Å².